The van der Waals surface area contributed by atoms with Gasteiger partial charge in [0.25, 0.3) is 5.91 Å². The van der Waals surface area contributed by atoms with Gasteiger partial charge in [0.05, 0.1) is 11.3 Å². The van der Waals surface area contributed by atoms with E-state index in [0.717, 1.165) is 32.1 Å². The zero-order valence-electron chi connectivity index (χ0n) is 19.7. The third kappa shape index (κ3) is 9.45. The lowest BCUT2D eigenvalue weighted by Crippen LogP contribution is -2.42. The number of carbonyl (C=O) groups excluding carboxylic acids is 4. The maximum Gasteiger partial charge on any atom is 0.339 e. The van der Waals surface area contributed by atoms with Crippen molar-refractivity contribution >= 4 is 35.6 Å². The molecular weight excluding hydrogens is 442 g/mol. The smallest absolute Gasteiger partial charge is 0.339 e. The molecule has 1 aromatic rings. The number of esters is 1. The largest absolute Gasteiger partial charge is 0.452 e. The van der Waals surface area contributed by atoms with Crippen molar-refractivity contribution in [3.63, 3.8) is 0 Å². The lowest BCUT2D eigenvalue weighted by molar-refractivity contribution is -0.129. The summed E-state index contributed by atoms with van der Waals surface area (Å²) in [6.45, 7) is 3.95. The van der Waals surface area contributed by atoms with Gasteiger partial charge in [-0.15, -0.1) is 11.8 Å². The van der Waals surface area contributed by atoms with Crippen LogP contribution < -0.4 is 10.6 Å². The number of nitrogens with zero attached hydrogens (tertiary/aromatic N) is 1. The number of hydrogen-bond acceptors (Lipinski definition) is 6. The first kappa shape index (κ1) is 26.7. The minimum atomic E-state index is -0.709. The van der Waals surface area contributed by atoms with Crippen molar-refractivity contribution in [2.24, 2.45) is 5.92 Å². The number of thioether (sulfide) groups is 1. The Bertz CT molecular complexity index is 824. The molecule has 0 atom stereocenters. The highest BCUT2D eigenvalue weighted by Gasteiger charge is 2.23. The summed E-state index contributed by atoms with van der Waals surface area (Å²) < 4.78 is 5.08. The fourth-order valence-electron chi connectivity index (χ4n) is 3.56. The van der Waals surface area contributed by atoms with Crippen molar-refractivity contribution in [2.75, 3.05) is 26.0 Å². The summed E-state index contributed by atoms with van der Waals surface area (Å²) in [5, 5.41) is 4.72. The van der Waals surface area contributed by atoms with Gasteiger partial charge in [-0.05, 0) is 37.3 Å². The molecule has 0 radical (unpaired) electrons. The number of ether oxygens (including phenoxy) is 1. The normalized spacial score (nSPS) is 13.9. The van der Waals surface area contributed by atoms with Gasteiger partial charge in [0, 0.05) is 24.5 Å². The van der Waals surface area contributed by atoms with E-state index in [1.54, 1.807) is 24.3 Å². The molecule has 33 heavy (non-hydrogen) atoms. The van der Waals surface area contributed by atoms with Gasteiger partial charge < -0.3 is 15.0 Å². The summed E-state index contributed by atoms with van der Waals surface area (Å²) >= 11 is 1.28. The average Bonchev–Trinajstić information content (AvgIpc) is 2.81. The molecule has 4 amide bonds. The van der Waals surface area contributed by atoms with Crippen molar-refractivity contribution in [1.29, 1.82) is 0 Å². The van der Waals surface area contributed by atoms with Crippen LogP contribution in [-0.4, -0.2) is 60.7 Å². The number of urea groups is 1. The Morgan fingerprint density at radius 2 is 1.82 bits per heavy atom. The number of amides is 4. The third-order valence-corrected chi connectivity index (χ3v) is 6.63. The molecule has 0 aliphatic heterocycles. The molecular formula is C24H35N3O5S. The molecule has 2 rings (SSSR count). The first-order valence-corrected chi connectivity index (χ1v) is 12.5. The predicted molar refractivity (Wildman–Crippen MR) is 128 cm³/mol. The summed E-state index contributed by atoms with van der Waals surface area (Å²) in [4.78, 5) is 51.2. The monoisotopic (exact) mass is 477 g/mol. The van der Waals surface area contributed by atoms with Crippen LogP contribution in [-0.2, 0) is 14.3 Å². The van der Waals surface area contributed by atoms with Crippen molar-refractivity contribution in [3.8, 4) is 0 Å². The topological polar surface area (TPSA) is 105 Å². The molecule has 8 nitrogen and oxygen atoms in total. The summed E-state index contributed by atoms with van der Waals surface area (Å²) in [5.41, 5.74) is 0.282. The Hall–Kier alpha value is -2.55. The highest BCUT2D eigenvalue weighted by Crippen LogP contribution is 2.26. The van der Waals surface area contributed by atoms with Crippen molar-refractivity contribution in [3.05, 3.63) is 29.8 Å². The molecule has 0 saturated heterocycles. The zero-order valence-corrected chi connectivity index (χ0v) is 20.5. The second kappa shape index (κ2) is 13.9. The van der Waals surface area contributed by atoms with E-state index in [-0.39, 0.29) is 23.3 Å². The number of nitrogens with one attached hydrogen (secondary N) is 2. The van der Waals surface area contributed by atoms with Crippen LogP contribution >= 0.6 is 11.8 Å². The zero-order chi connectivity index (χ0) is 24.2. The lowest BCUT2D eigenvalue weighted by Gasteiger charge is -2.31. The average molecular weight is 478 g/mol. The second-order valence-electron chi connectivity index (χ2n) is 8.64. The molecule has 0 heterocycles. The van der Waals surface area contributed by atoms with Crippen LogP contribution in [0.15, 0.2) is 29.2 Å². The van der Waals surface area contributed by atoms with Gasteiger partial charge in [-0.2, -0.15) is 0 Å². The number of hydrogen-bond donors (Lipinski definition) is 2. The van der Waals surface area contributed by atoms with Crippen LogP contribution in [0.3, 0.4) is 0 Å². The van der Waals surface area contributed by atoms with E-state index in [1.165, 1.54) is 18.2 Å². The Morgan fingerprint density at radius 3 is 2.52 bits per heavy atom. The molecule has 0 spiro atoms. The Kier molecular flexibility index (Phi) is 11.2. The Morgan fingerprint density at radius 1 is 1.12 bits per heavy atom. The molecule has 9 heteroatoms. The molecule has 0 bridgehead atoms. The minimum absolute atomic E-state index is 0.0259. The van der Waals surface area contributed by atoms with E-state index in [9.17, 15) is 19.2 Å². The Balaban J connectivity index is 1.82. The Labute approximate surface area is 200 Å². The highest BCUT2D eigenvalue weighted by molar-refractivity contribution is 8.00. The molecule has 1 saturated carbocycles. The summed E-state index contributed by atoms with van der Waals surface area (Å²) in [5.74, 6) is -0.712. The number of rotatable bonds is 10. The van der Waals surface area contributed by atoms with Crippen molar-refractivity contribution in [2.45, 2.75) is 63.3 Å². The molecule has 1 fully saturated rings. The van der Waals surface area contributed by atoms with Crippen molar-refractivity contribution in [1.82, 2.24) is 15.5 Å². The predicted octanol–water partition coefficient (Wildman–Crippen LogP) is 3.60. The maximum atomic E-state index is 12.6. The number of imide groups is 1. The standard InChI is InChI=1S/C24H35N3O5S/c1-17(2)13-14-25-24(31)26-21(28)15-32-23(30)19-11-7-8-12-20(19)33-16-22(29)27(3)18-9-5-4-6-10-18/h7-8,11-12,17-18H,4-6,9-10,13-16H2,1-3H3,(H2,25,26,28,31). The fraction of sp³-hybridized carbons (Fsp3) is 0.583. The molecule has 1 aliphatic carbocycles. The van der Waals surface area contributed by atoms with E-state index >= 15 is 0 Å². The number of benzene rings is 1. The summed E-state index contributed by atoms with van der Waals surface area (Å²) in [6.07, 6.45) is 6.39. The fourth-order valence-corrected chi connectivity index (χ4v) is 4.53. The van der Waals surface area contributed by atoms with Crippen LogP contribution in [0.2, 0.25) is 0 Å². The highest BCUT2D eigenvalue weighted by atomic mass is 32.2. The van der Waals surface area contributed by atoms with E-state index in [2.05, 4.69) is 10.6 Å². The van der Waals surface area contributed by atoms with E-state index < -0.39 is 24.5 Å². The first-order chi connectivity index (χ1) is 15.8. The minimum Gasteiger partial charge on any atom is -0.452 e. The van der Waals surface area contributed by atoms with Gasteiger partial charge in [-0.25, -0.2) is 9.59 Å². The van der Waals surface area contributed by atoms with E-state index in [4.69, 9.17) is 4.74 Å². The van der Waals surface area contributed by atoms with E-state index in [0.29, 0.717) is 17.4 Å². The first-order valence-electron chi connectivity index (χ1n) is 11.5. The molecule has 1 aliphatic rings. The number of carbonyl (C=O) groups is 4. The van der Waals surface area contributed by atoms with Crippen LogP contribution in [0.1, 0.15) is 62.7 Å². The van der Waals surface area contributed by atoms with Gasteiger partial charge in [-0.3, -0.25) is 14.9 Å². The summed E-state index contributed by atoms with van der Waals surface area (Å²) in [6, 6.07) is 6.48. The molecule has 0 unspecified atom stereocenters. The molecule has 182 valence electrons. The van der Waals surface area contributed by atoms with Gasteiger partial charge >= 0.3 is 12.0 Å². The van der Waals surface area contributed by atoms with Crippen molar-refractivity contribution < 1.29 is 23.9 Å². The van der Waals surface area contributed by atoms with Gasteiger partial charge in [-0.1, -0.05) is 45.2 Å². The van der Waals surface area contributed by atoms with Gasteiger partial charge in [0.15, 0.2) is 6.61 Å². The molecule has 1 aromatic carbocycles. The third-order valence-electron chi connectivity index (χ3n) is 5.57. The molecule has 2 N–H and O–H groups in total. The maximum absolute atomic E-state index is 12.6. The second-order valence-corrected chi connectivity index (χ2v) is 9.66. The summed E-state index contributed by atoms with van der Waals surface area (Å²) in [7, 11) is 1.84. The lowest BCUT2D eigenvalue weighted by atomic mass is 9.94. The quantitative estimate of drug-likeness (QED) is 0.394. The van der Waals surface area contributed by atoms with Crippen LogP contribution in [0.4, 0.5) is 4.79 Å². The van der Waals surface area contributed by atoms with E-state index in [1.807, 2.05) is 25.8 Å². The van der Waals surface area contributed by atoms with Crippen LogP contribution in [0, 0.1) is 5.92 Å². The van der Waals surface area contributed by atoms with Crippen LogP contribution in [0.25, 0.3) is 0 Å². The van der Waals surface area contributed by atoms with Gasteiger partial charge in [0.2, 0.25) is 5.91 Å². The SMILES string of the molecule is CC(C)CCNC(=O)NC(=O)COC(=O)c1ccccc1SCC(=O)N(C)C1CCCCC1. The molecule has 0 aromatic heterocycles. The van der Waals surface area contributed by atoms with Crippen LogP contribution in [0.5, 0.6) is 0 Å². The van der Waals surface area contributed by atoms with Gasteiger partial charge in [0.1, 0.15) is 0 Å².